The lowest BCUT2D eigenvalue weighted by Gasteiger charge is -2.18. The lowest BCUT2D eigenvalue weighted by atomic mass is 9.88. The van der Waals surface area contributed by atoms with Crippen molar-refractivity contribution in [2.75, 3.05) is 19.9 Å². The summed E-state index contributed by atoms with van der Waals surface area (Å²) < 4.78 is 16.2. The summed E-state index contributed by atoms with van der Waals surface area (Å²) in [6, 6.07) is 26.0. The van der Waals surface area contributed by atoms with Crippen molar-refractivity contribution in [2.24, 2.45) is 0 Å². The maximum atomic E-state index is 12.2. The Hall–Kier alpha value is -3.47. The maximum absolute atomic E-state index is 12.2. The van der Waals surface area contributed by atoms with E-state index < -0.39 is 0 Å². The Kier molecular flexibility index (Phi) is 5.95. The van der Waals surface area contributed by atoms with Gasteiger partial charge in [-0.25, -0.2) is 0 Å². The van der Waals surface area contributed by atoms with Gasteiger partial charge >= 0.3 is 0 Å². The van der Waals surface area contributed by atoms with E-state index in [0.717, 1.165) is 6.42 Å². The van der Waals surface area contributed by atoms with Gasteiger partial charge in [0.15, 0.2) is 18.1 Å². The van der Waals surface area contributed by atoms with Crippen LogP contribution >= 0.6 is 0 Å². The number of nitrogens with one attached hydrogen (secondary N) is 1. The van der Waals surface area contributed by atoms with E-state index in [-0.39, 0.29) is 25.2 Å². The molecule has 0 saturated heterocycles. The lowest BCUT2D eigenvalue weighted by Crippen LogP contribution is -2.30. The molecule has 0 aromatic heterocycles. The Morgan fingerprint density at radius 1 is 0.897 bits per heavy atom. The second-order valence-corrected chi connectivity index (χ2v) is 6.82. The van der Waals surface area contributed by atoms with E-state index in [4.69, 9.17) is 14.2 Å². The molecule has 0 atom stereocenters. The predicted molar refractivity (Wildman–Crippen MR) is 110 cm³/mol. The Bertz CT molecular complexity index is 904. The Balaban J connectivity index is 1.30. The number of ether oxygens (including phenoxy) is 3. The minimum atomic E-state index is -0.150. The summed E-state index contributed by atoms with van der Waals surface area (Å²) in [7, 11) is 0. The van der Waals surface area contributed by atoms with Crippen LogP contribution in [0.4, 0.5) is 0 Å². The molecular weight excluding hydrogens is 366 g/mol. The molecule has 1 aliphatic rings. The van der Waals surface area contributed by atoms with Crippen molar-refractivity contribution in [3.05, 3.63) is 90.0 Å². The van der Waals surface area contributed by atoms with Gasteiger partial charge in [0.25, 0.3) is 5.91 Å². The summed E-state index contributed by atoms with van der Waals surface area (Å²) in [5.41, 5.74) is 2.48. The Labute approximate surface area is 170 Å². The fourth-order valence-electron chi connectivity index (χ4n) is 3.42. The summed E-state index contributed by atoms with van der Waals surface area (Å²) in [4.78, 5) is 12.2. The zero-order valence-corrected chi connectivity index (χ0v) is 16.0. The van der Waals surface area contributed by atoms with Crippen LogP contribution in [0.3, 0.4) is 0 Å². The van der Waals surface area contributed by atoms with Gasteiger partial charge in [0.2, 0.25) is 6.79 Å². The van der Waals surface area contributed by atoms with Gasteiger partial charge in [-0.3, -0.25) is 4.79 Å². The summed E-state index contributed by atoms with van der Waals surface area (Å²) in [5, 5.41) is 2.96. The topological polar surface area (TPSA) is 56.8 Å². The molecule has 0 unspecified atom stereocenters. The van der Waals surface area contributed by atoms with Crippen LogP contribution < -0.4 is 19.5 Å². The molecular formula is C24H23NO4. The standard InChI is InChI=1S/C24H23NO4/c26-24(16-27-20-11-12-22-23(15-20)29-17-28-22)25-14-13-21(18-7-3-1-4-8-18)19-9-5-2-6-10-19/h1-12,15,21H,13-14,16-17H2,(H,25,26). The molecule has 0 spiro atoms. The van der Waals surface area contributed by atoms with Crippen molar-refractivity contribution >= 4 is 5.91 Å². The van der Waals surface area contributed by atoms with Gasteiger partial charge in [0.1, 0.15) is 5.75 Å². The molecule has 1 aliphatic heterocycles. The number of rotatable bonds is 8. The molecule has 0 saturated carbocycles. The molecule has 5 heteroatoms. The fraction of sp³-hybridized carbons (Fsp3) is 0.208. The van der Waals surface area contributed by atoms with Crippen LogP contribution in [0.2, 0.25) is 0 Å². The molecule has 3 aromatic rings. The lowest BCUT2D eigenvalue weighted by molar-refractivity contribution is -0.123. The SMILES string of the molecule is O=C(COc1ccc2c(c1)OCO2)NCCC(c1ccccc1)c1ccccc1. The van der Waals surface area contributed by atoms with Crippen molar-refractivity contribution in [1.82, 2.24) is 5.32 Å². The highest BCUT2D eigenvalue weighted by molar-refractivity contribution is 5.77. The van der Waals surface area contributed by atoms with E-state index in [1.54, 1.807) is 18.2 Å². The first-order valence-corrected chi connectivity index (χ1v) is 9.68. The molecule has 29 heavy (non-hydrogen) atoms. The van der Waals surface area contributed by atoms with Crippen molar-refractivity contribution in [1.29, 1.82) is 0 Å². The number of amides is 1. The van der Waals surface area contributed by atoms with Crippen LogP contribution in [0.25, 0.3) is 0 Å². The van der Waals surface area contributed by atoms with E-state index >= 15 is 0 Å². The number of carbonyl (C=O) groups excluding carboxylic acids is 1. The molecule has 0 bridgehead atoms. The highest BCUT2D eigenvalue weighted by Crippen LogP contribution is 2.35. The quantitative estimate of drug-likeness (QED) is 0.629. The van der Waals surface area contributed by atoms with Gasteiger partial charge in [-0.1, -0.05) is 60.7 Å². The van der Waals surface area contributed by atoms with Gasteiger partial charge in [-0.2, -0.15) is 0 Å². The molecule has 1 heterocycles. The third-order valence-electron chi connectivity index (χ3n) is 4.87. The van der Waals surface area contributed by atoms with Crippen LogP contribution in [0.15, 0.2) is 78.9 Å². The first kappa shape index (κ1) is 18.9. The number of carbonyl (C=O) groups is 1. The Morgan fingerprint density at radius 3 is 2.24 bits per heavy atom. The van der Waals surface area contributed by atoms with Crippen LogP contribution in [-0.2, 0) is 4.79 Å². The minimum Gasteiger partial charge on any atom is -0.484 e. The van der Waals surface area contributed by atoms with Crippen LogP contribution in [0.5, 0.6) is 17.2 Å². The largest absolute Gasteiger partial charge is 0.484 e. The summed E-state index contributed by atoms with van der Waals surface area (Å²) in [5.74, 6) is 1.98. The average molecular weight is 389 g/mol. The minimum absolute atomic E-state index is 0.0407. The highest BCUT2D eigenvalue weighted by Gasteiger charge is 2.16. The molecule has 0 aliphatic carbocycles. The van der Waals surface area contributed by atoms with Gasteiger partial charge in [-0.05, 0) is 29.7 Å². The second kappa shape index (κ2) is 9.15. The van der Waals surface area contributed by atoms with Gasteiger partial charge < -0.3 is 19.5 Å². The highest BCUT2D eigenvalue weighted by atomic mass is 16.7. The number of hydrogen-bond donors (Lipinski definition) is 1. The molecule has 0 fully saturated rings. The van der Waals surface area contributed by atoms with Crippen molar-refractivity contribution in [3.8, 4) is 17.2 Å². The van der Waals surface area contributed by atoms with E-state index in [0.29, 0.717) is 23.8 Å². The number of benzene rings is 3. The summed E-state index contributed by atoms with van der Waals surface area (Å²) >= 11 is 0. The van der Waals surface area contributed by atoms with Crippen LogP contribution in [0, 0.1) is 0 Å². The first-order chi connectivity index (χ1) is 14.3. The van der Waals surface area contributed by atoms with Crippen molar-refractivity contribution in [3.63, 3.8) is 0 Å². The van der Waals surface area contributed by atoms with Crippen LogP contribution in [-0.4, -0.2) is 25.9 Å². The normalized spacial score (nSPS) is 12.0. The fourth-order valence-corrected chi connectivity index (χ4v) is 3.42. The summed E-state index contributed by atoms with van der Waals surface area (Å²) in [6.45, 7) is 0.738. The second-order valence-electron chi connectivity index (χ2n) is 6.82. The van der Waals surface area contributed by atoms with E-state index in [1.807, 2.05) is 36.4 Å². The molecule has 1 amide bonds. The summed E-state index contributed by atoms with van der Waals surface area (Å²) in [6.07, 6.45) is 0.809. The molecule has 3 aromatic carbocycles. The Morgan fingerprint density at radius 2 is 1.55 bits per heavy atom. The molecule has 1 N–H and O–H groups in total. The van der Waals surface area contributed by atoms with E-state index in [9.17, 15) is 4.79 Å². The van der Waals surface area contributed by atoms with Gasteiger partial charge in [0.05, 0.1) is 0 Å². The van der Waals surface area contributed by atoms with E-state index in [2.05, 4.69) is 29.6 Å². The van der Waals surface area contributed by atoms with Crippen molar-refractivity contribution < 1.29 is 19.0 Å². The number of hydrogen-bond acceptors (Lipinski definition) is 4. The molecule has 4 rings (SSSR count). The zero-order valence-electron chi connectivity index (χ0n) is 16.0. The molecule has 148 valence electrons. The third-order valence-corrected chi connectivity index (χ3v) is 4.87. The molecule has 0 radical (unpaired) electrons. The third kappa shape index (κ3) is 4.88. The van der Waals surface area contributed by atoms with Gasteiger partial charge in [-0.15, -0.1) is 0 Å². The van der Waals surface area contributed by atoms with Gasteiger partial charge in [0, 0.05) is 18.5 Å². The molecule has 5 nitrogen and oxygen atoms in total. The average Bonchev–Trinajstić information content (AvgIpc) is 3.24. The van der Waals surface area contributed by atoms with Crippen LogP contribution in [0.1, 0.15) is 23.5 Å². The predicted octanol–water partition coefficient (Wildman–Crippen LogP) is 4.13. The monoisotopic (exact) mass is 389 g/mol. The maximum Gasteiger partial charge on any atom is 0.257 e. The zero-order chi connectivity index (χ0) is 19.9. The first-order valence-electron chi connectivity index (χ1n) is 9.68. The smallest absolute Gasteiger partial charge is 0.257 e. The van der Waals surface area contributed by atoms with E-state index in [1.165, 1.54) is 11.1 Å². The van der Waals surface area contributed by atoms with Crippen molar-refractivity contribution in [2.45, 2.75) is 12.3 Å². The number of fused-ring (bicyclic) bond motifs is 1.